The maximum Gasteiger partial charge on any atom is 0.277 e. The highest BCUT2D eigenvalue weighted by Crippen LogP contribution is 2.29. The molecule has 1 heterocycles. The second-order valence-electron chi connectivity index (χ2n) is 5.47. The van der Waals surface area contributed by atoms with E-state index in [1.165, 1.54) is 18.2 Å². The lowest BCUT2D eigenvalue weighted by Crippen LogP contribution is -2.29. The predicted octanol–water partition coefficient (Wildman–Crippen LogP) is 3.38. The third-order valence-corrected chi connectivity index (χ3v) is 4.21. The number of H-pyrrole nitrogens is 1. The molecule has 3 N–H and O–H groups in total. The Morgan fingerprint density at radius 1 is 1.12 bits per heavy atom. The molecular formula is C18H13Cl2N3O3. The molecule has 0 aliphatic heterocycles. The summed E-state index contributed by atoms with van der Waals surface area (Å²) in [5.74, 6) is -0.538. The molecule has 132 valence electrons. The molecule has 1 amide bonds. The number of phenolic OH excluding ortho intramolecular Hbond substituents is 1. The zero-order valence-electron chi connectivity index (χ0n) is 13.3. The van der Waals surface area contributed by atoms with Gasteiger partial charge < -0.3 is 10.4 Å². The van der Waals surface area contributed by atoms with Crippen LogP contribution in [0.5, 0.6) is 5.75 Å². The average molecular weight is 390 g/mol. The number of rotatable bonds is 4. The summed E-state index contributed by atoms with van der Waals surface area (Å²) in [6.07, 6.45) is 0. The summed E-state index contributed by atoms with van der Waals surface area (Å²) in [4.78, 5) is 24.3. The Labute approximate surface area is 158 Å². The van der Waals surface area contributed by atoms with Gasteiger partial charge in [-0.15, -0.1) is 0 Å². The predicted molar refractivity (Wildman–Crippen MR) is 99.6 cm³/mol. The molecule has 3 aromatic rings. The Morgan fingerprint density at radius 3 is 2.54 bits per heavy atom. The fourth-order valence-electron chi connectivity index (χ4n) is 2.30. The van der Waals surface area contributed by atoms with Crippen molar-refractivity contribution in [1.29, 1.82) is 0 Å². The van der Waals surface area contributed by atoms with Crippen molar-refractivity contribution in [2.24, 2.45) is 0 Å². The fraction of sp³-hybridized carbons (Fsp3) is 0.0556. The summed E-state index contributed by atoms with van der Waals surface area (Å²) < 4.78 is 0. The normalized spacial score (nSPS) is 10.5. The van der Waals surface area contributed by atoms with Crippen LogP contribution in [0.1, 0.15) is 15.9 Å². The number of hydrogen-bond donors (Lipinski definition) is 3. The van der Waals surface area contributed by atoms with Gasteiger partial charge in [-0.3, -0.25) is 9.59 Å². The Kier molecular flexibility index (Phi) is 5.25. The molecule has 0 spiro atoms. The number of phenols is 1. The van der Waals surface area contributed by atoms with Gasteiger partial charge in [-0.25, -0.2) is 5.10 Å². The van der Waals surface area contributed by atoms with E-state index in [0.29, 0.717) is 16.3 Å². The van der Waals surface area contributed by atoms with Crippen LogP contribution in [0.2, 0.25) is 10.0 Å². The summed E-state index contributed by atoms with van der Waals surface area (Å²) >= 11 is 11.9. The first-order valence-electron chi connectivity index (χ1n) is 7.55. The third kappa shape index (κ3) is 4.04. The van der Waals surface area contributed by atoms with Crippen LogP contribution in [-0.2, 0) is 6.54 Å². The van der Waals surface area contributed by atoms with Crippen molar-refractivity contribution in [2.45, 2.75) is 6.54 Å². The van der Waals surface area contributed by atoms with Gasteiger partial charge in [0.15, 0.2) is 0 Å². The van der Waals surface area contributed by atoms with Crippen molar-refractivity contribution >= 4 is 29.1 Å². The number of amides is 1. The number of carbonyl (C=O) groups is 1. The summed E-state index contributed by atoms with van der Waals surface area (Å²) in [6, 6.07) is 12.7. The van der Waals surface area contributed by atoms with E-state index in [4.69, 9.17) is 23.2 Å². The van der Waals surface area contributed by atoms with Crippen LogP contribution in [0.3, 0.4) is 0 Å². The van der Waals surface area contributed by atoms with Crippen LogP contribution in [0.25, 0.3) is 11.3 Å². The second-order valence-corrected chi connectivity index (χ2v) is 6.31. The zero-order chi connectivity index (χ0) is 18.7. The van der Waals surface area contributed by atoms with E-state index in [-0.39, 0.29) is 22.9 Å². The number of hydrogen-bond acceptors (Lipinski definition) is 4. The second kappa shape index (κ2) is 7.59. The van der Waals surface area contributed by atoms with Crippen molar-refractivity contribution < 1.29 is 9.90 Å². The van der Waals surface area contributed by atoms with Gasteiger partial charge in [-0.05, 0) is 42.0 Å². The standard InChI is InChI=1S/C18H13Cl2N3O3/c19-11-3-1-10(2-4-11)9-21-17(25)14-8-16(22-23-18(14)26)13-6-5-12(24)7-15(13)20/h1-8,24H,9H2,(H,21,25)(H,23,26). The molecule has 0 saturated heterocycles. The van der Waals surface area contributed by atoms with E-state index in [1.54, 1.807) is 30.3 Å². The molecule has 0 atom stereocenters. The van der Waals surface area contributed by atoms with Crippen LogP contribution < -0.4 is 10.9 Å². The summed E-state index contributed by atoms with van der Waals surface area (Å²) in [5.41, 5.74) is 0.930. The van der Waals surface area contributed by atoms with E-state index >= 15 is 0 Å². The van der Waals surface area contributed by atoms with E-state index < -0.39 is 11.5 Å². The lowest BCUT2D eigenvalue weighted by atomic mass is 10.1. The lowest BCUT2D eigenvalue weighted by molar-refractivity contribution is 0.0949. The van der Waals surface area contributed by atoms with Gasteiger partial charge in [0, 0.05) is 17.1 Å². The number of aromatic hydroxyl groups is 1. The van der Waals surface area contributed by atoms with Crippen molar-refractivity contribution in [2.75, 3.05) is 0 Å². The molecule has 0 unspecified atom stereocenters. The molecule has 0 fully saturated rings. The van der Waals surface area contributed by atoms with E-state index in [2.05, 4.69) is 15.5 Å². The van der Waals surface area contributed by atoms with Crippen LogP contribution >= 0.6 is 23.2 Å². The average Bonchev–Trinajstić information content (AvgIpc) is 2.62. The van der Waals surface area contributed by atoms with Gasteiger partial charge in [0.25, 0.3) is 11.5 Å². The number of carbonyl (C=O) groups excluding carboxylic acids is 1. The first-order chi connectivity index (χ1) is 12.4. The number of nitrogens with one attached hydrogen (secondary N) is 2. The van der Waals surface area contributed by atoms with E-state index in [9.17, 15) is 14.7 Å². The number of halogens is 2. The summed E-state index contributed by atoms with van der Waals surface area (Å²) in [6.45, 7) is 0.243. The Hall–Kier alpha value is -2.83. The minimum Gasteiger partial charge on any atom is -0.508 e. The van der Waals surface area contributed by atoms with Crippen molar-refractivity contribution in [3.63, 3.8) is 0 Å². The molecule has 0 bridgehead atoms. The molecular weight excluding hydrogens is 377 g/mol. The van der Waals surface area contributed by atoms with Gasteiger partial charge >= 0.3 is 0 Å². The molecule has 3 rings (SSSR count). The fourth-order valence-corrected chi connectivity index (χ4v) is 2.70. The first kappa shape index (κ1) is 18.0. The van der Waals surface area contributed by atoms with Gasteiger partial charge in [0.1, 0.15) is 11.3 Å². The number of benzene rings is 2. The summed E-state index contributed by atoms with van der Waals surface area (Å²) in [7, 11) is 0. The van der Waals surface area contributed by atoms with Crippen LogP contribution in [0.15, 0.2) is 53.3 Å². The Balaban J connectivity index is 1.84. The molecule has 2 aromatic carbocycles. The summed E-state index contributed by atoms with van der Waals surface area (Å²) in [5, 5.41) is 19.2. The quantitative estimate of drug-likeness (QED) is 0.637. The lowest BCUT2D eigenvalue weighted by Gasteiger charge is -2.07. The molecule has 6 nitrogen and oxygen atoms in total. The van der Waals surface area contributed by atoms with Crippen LogP contribution in [-0.4, -0.2) is 21.2 Å². The van der Waals surface area contributed by atoms with Gasteiger partial charge in [0.2, 0.25) is 0 Å². The van der Waals surface area contributed by atoms with Crippen LogP contribution in [0.4, 0.5) is 0 Å². The van der Waals surface area contributed by atoms with Crippen molar-refractivity contribution in [1.82, 2.24) is 15.5 Å². The molecule has 0 aliphatic carbocycles. The molecule has 0 radical (unpaired) electrons. The molecule has 8 heteroatoms. The number of aromatic nitrogens is 2. The monoisotopic (exact) mass is 389 g/mol. The van der Waals surface area contributed by atoms with E-state index in [1.807, 2.05) is 0 Å². The van der Waals surface area contributed by atoms with Crippen molar-refractivity contribution in [3.05, 3.63) is 80.1 Å². The topological polar surface area (TPSA) is 95.1 Å². The molecule has 0 aliphatic rings. The highest BCUT2D eigenvalue weighted by Gasteiger charge is 2.14. The van der Waals surface area contributed by atoms with Gasteiger partial charge in [0.05, 0.1) is 10.7 Å². The Morgan fingerprint density at radius 2 is 1.85 bits per heavy atom. The van der Waals surface area contributed by atoms with Crippen molar-refractivity contribution in [3.8, 4) is 17.0 Å². The highest BCUT2D eigenvalue weighted by atomic mass is 35.5. The first-order valence-corrected chi connectivity index (χ1v) is 8.31. The molecule has 26 heavy (non-hydrogen) atoms. The van der Waals surface area contributed by atoms with Gasteiger partial charge in [-0.1, -0.05) is 35.3 Å². The highest BCUT2D eigenvalue weighted by molar-refractivity contribution is 6.33. The largest absolute Gasteiger partial charge is 0.508 e. The number of aromatic amines is 1. The minimum atomic E-state index is -0.614. The molecule has 1 aromatic heterocycles. The molecule has 0 saturated carbocycles. The third-order valence-electron chi connectivity index (χ3n) is 3.64. The maximum absolute atomic E-state index is 12.4. The maximum atomic E-state index is 12.4. The van der Waals surface area contributed by atoms with Crippen LogP contribution in [0, 0.1) is 0 Å². The minimum absolute atomic E-state index is 0.00380. The van der Waals surface area contributed by atoms with E-state index in [0.717, 1.165) is 5.56 Å². The zero-order valence-corrected chi connectivity index (χ0v) is 14.8. The number of nitrogens with zero attached hydrogens (tertiary/aromatic N) is 1. The smallest absolute Gasteiger partial charge is 0.277 e. The SMILES string of the molecule is O=C(NCc1ccc(Cl)cc1)c1cc(-c2ccc(O)cc2Cl)n[nH]c1=O. The Bertz CT molecular complexity index is 1020. The van der Waals surface area contributed by atoms with Gasteiger partial charge in [-0.2, -0.15) is 5.10 Å².